The van der Waals surface area contributed by atoms with E-state index in [1.807, 2.05) is 0 Å². The van der Waals surface area contributed by atoms with Crippen LogP contribution in [0.4, 0.5) is 0 Å². The van der Waals surface area contributed by atoms with Crippen LogP contribution in [0.3, 0.4) is 0 Å². The molecule has 16 heavy (non-hydrogen) atoms. The summed E-state index contributed by atoms with van der Waals surface area (Å²) in [6.07, 6.45) is 9.80. The van der Waals surface area contributed by atoms with Crippen molar-refractivity contribution in [1.82, 2.24) is 5.32 Å². The van der Waals surface area contributed by atoms with Gasteiger partial charge in [-0.15, -0.1) is 0 Å². The summed E-state index contributed by atoms with van der Waals surface area (Å²) >= 11 is 0. The third-order valence-electron chi connectivity index (χ3n) is 4.39. The van der Waals surface area contributed by atoms with Gasteiger partial charge in [-0.1, -0.05) is 32.6 Å². The molecule has 2 saturated carbocycles. The topological polar surface area (TPSA) is 29.1 Å². The van der Waals surface area contributed by atoms with E-state index < -0.39 is 0 Å². The van der Waals surface area contributed by atoms with Crippen LogP contribution in [0, 0.1) is 11.8 Å². The van der Waals surface area contributed by atoms with E-state index in [-0.39, 0.29) is 6.04 Å². The van der Waals surface area contributed by atoms with E-state index in [4.69, 9.17) is 0 Å². The van der Waals surface area contributed by atoms with E-state index in [9.17, 15) is 4.79 Å². The van der Waals surface area contributed by atoms with Crippen molar-refractivity contribution < 1.29 is 4.79 Å². The molecule has 0 saturated heterocycles. The highest BCUT2D eigenvalue weighted by Crippen LogP contribution is 2.30. The van der Waals surface area contributed by atoms with E-state index >= 15 is 0 Å². The maximum absolute atomic E-state index is 12.0. The van der Waals surface area contributed by atoms with E-state index in [0.29, 0.717) is 11.7 Å². The first kappa shape index (κ1) is 12.1. The molecule has 2 aliphatic carbocycles. The highest BCUT2D eigenvalue weighted by molar-refractivity contribution is 5.84. The smallest absolute Gasteiger partial charge is 0.150 e. The zero-order valence-corrected chi connectivity index (χ0v) is 10.5. The van der Waals surface area contributed by atoms with Gasteiger partial charge in [0.05, 0.1) is 6.04 Å². The summed E-state index contributed by atoms with van der Waals surface area (Å²) in [6.45, 7) is 3.19. The third kappa shape index (κ3) is 3.07. The summed E-state index contributed by atoms with van der Waals surface area (Å²) in [4.78, 5) is 12.0. The van der Waals surface area contributed by atoms with E-state index in [1.54, 1.807) is 0 Å². The van der Waals surface area contributed by atoms with Gasteiger partial charge in [-0.05, 0) is 37.6 Å². The fourth-order valence-corrected chi connectivity index (χ4v) is 2.62. The van der Waals surface area contributed by atoms with E-state index in [0.717, 1.165) is 25.3 Å². The maximum Gasteiger partial charge on any atom is 0.150 e. The van der Waals surface area contributed by atoms with Crippen molar-refractivity contribution in [3.05, 3.63) is 0 Å². The highest BCUT2D eigenvalue weighted by atomic mass is 16.1. The second-order valence-corrected chi connectivity index (χ2v) is 5.63. The zero-order chi connectivity index (χ0) is 11.4. The van der Waals surface area contributed by atoms with Gasteiger partial charge in [0, 0.05) is 6.42 Å². The van der Waals surface area contributed by atoms with E-state index in [1.165, 1.54) is 38.5 Å². The highest BCUT2D eigenvalue weighted by Gasteiger charge is 2.25. The van der Waals surface area contributed by atoms with Crippen LogP contribution in [-0.2, 0) is 4.79 Å². The molecule has 2 aliphatic rings. The molecule has 0 spiro atoms. The Morgan fingerprint density at radius 2 is 1.81 bits per heavy atom. The summed E-state index contributed by atoms with van der Waals surface area (Å²) in [7, 11) is 0. The fourth-order valence-electron chi connectivity index (χ4n) is 2.62. The van der Waals surface area contributed by atoms with Crippen molar-refractivity contribution in [3.63, 3.8) is 0 Å². The average molecular weight is 223 g/mol. The number of Topliss-reactive ketones (excluding diaryl/α,β-unsaturated/α-hetero) is 1. The van der Waals surface area contributed by atoms with Gasteiger partial charge in [0.25, 0.3) is 0 Å². The maximum atomic E-state index is 12.0. The summed E-state index contributed by atoms with van der Waals surface area (Å²) in [5.74, 6) is 2.03. The van der Waals surface area contributed by atoms with Gasteiger partial charge < -0.3 is 5.32 Å². The molecule has 0 amide bonds. The Bertz CT molecular complexity index is 231. The van der Waals surface area contributed by atoms with Gasteiger partial charge in [-0.2, -0.15) is 0 Å². The molecule has 92 valence electrons. The minimum Gasteiger partial charge on any atom is -0.307 e. The lowest BCUT2D eigenvalue weighted by Crippen LogP contribution is -2.41. The number of hydrogen-bond acceptors (Lipinski definition) is 2. The Labute approximate surface area is 99.2 Å². The molecular formula is C14H25NO. The number of carbonyl (C=O) groups is 1. The average Bonchev–Trinajstić information content (AvgIpc) is 2.15. The van der Waals surface area contributed by atoms with Gasteiger partial charge >= 0.3 is 0 Å². The molecular weight excluding hydrogens is 198 g/mol. The van der Waals surface area contributed by atoms with Gasteiger partial charge in [0.1, 0.15) is 5.78 Å². The quantitative estimate of drug-likeness (QED) is 0.719. The van der Waals surface area contributed by atoms with E-state index in [2.05, 4.69) is 12.2 Å². The normalized spacial score (nSPS) is 23.6. The first-order valence-electron chi connectivity index (χ1n) is 7.05. The second kappa shape index (κ2) is 5.81. The molecule has 2 fully saturated rings. The van der Waals surface area contributed by atoms with Crippen molar-refractivity contribution >= 4 is 5.78 Å². The number of carbonyl (C=O) groups excluding carboxylic acids is 1. The molecule has 0 aromatic carbocycles. The summed E-state index contributed by atoms with van der Waals surface area (Å²) in [5, 5.41) is 3.48. The number of hydrogen-bond donors (Lipinski definition) is 1. The lowest BCUT2D eigenvalue weighted by Gasteiger charge is -2.29. The molecule has 0 aromatic heterocycles. The van der Waals surface area contributed by atoms with Crippen LogP contribution in [0.25, 0.3) is 0 Å². The summed E-state index contributed by atoms with van der Waals surface area (Å²) in [5.41, 5.74) is 0. The van der Waals surface area contributed by atoms with Crippen LogP contribution in [0.15, 0.2) is 0 Å². The Morgan fingerprint density at radius 3 is 2.25 bits per heavy atom. The Morgan fingerprint density at radius 1 is 1.19 bits per heavy atom. The minimum atomic E-state index is 0.140. The lowest BCUT2D eigenvalue weighted by atomic mass is 9.80. The van der Waals surface area contributed by atoms with Crippen molar-refractivity contribution in [1.29, 1.82) is 0 Å². The van der Waals surface area contributed by atoms with Gasteiger partial charge in [-0.3, -0.25) is 4.79 Å². The van der Waals surface area contributed by atoms with Crippen LogP contribution in [0.5, 0.6) is 0 Å². The van der Waals surface area contributed by atoms with Gasteiger partial charge in [0.15, 0.2) is 0 Å². The van der Waals surface area contributed by atoms with Crippen LogP contribution in [-0.4, -0.2) is 18.4 Å². The molecule has 0 bridgehead atoms. The molecule has 0 aromatic rings. The lowest BCUT2D eigenvalue weighted by molar-refractivity contribution is -0.122. The van der Waals surface area contributed by atoms with Gasteiger partial charge in [0.2, 0.25) is 0 Å². The fraction of sp³-hybridized carbons (Fsp3) is 0.929. The molecule has 1 unspecified atom stereocenters. The van der Waals surface area contributed by atoms with Crippen LogP contribution in [0.1, 0.15) is 58.3 Å². The van der Waals surface area contributed by atoms with Gasteiger partial charge in [-0.25, -0.2) is 0 Å². The van der Waals surface area contributed by atoms with Crippen molar-refractivity contribution in [2.45, 2.75) is 64.3 Å². The predicted octanol–water partition coefficient (Wildman–Crippen LogP) is 2.91. The molecule has 1 atom stereocenters. The first-order chi connectivity index (χ1) is 7.79. The van der Waals surface area contributed by atoms with Crippen LogP contribution in [0.2, 0.25) is 0 Å². The SMILES string of the molecule is CCC(NCC1CCC1)C(=O)CC1CCC1. The second-order valence-electron chi connectivity index (χ2n) is 5.63. The largest absolute Gasteiger partial charge is 0.307 e. The number of nitrogens with one attached hydrogen (secondary N) is 1. The summed E-state index contributed by atoms with van der Waals surface area (Å²) < 4.78 is 0. The Kier molecular flexibility index (Phi) is 4.39. The molecule has 2 heteroatoms. The molecule has 0 heterocycles. The number of rotatable bonds is 7. The molecule has 0 aliphatic heterocycles. The molecule has 2 rings (SSSR count). The Hall–Kier alpha value is -0.370. The zero-order valence-electron chi connectivity index (χ0n) is 10.5. The van der Waals surface area contributed by atoms with Crippen LogP contribution < -0.4 is 5.32 Å². The number of ketones is 1. The van der Waals surface area contributed by atoms with Crippen molar-refractivity contribution in [3.8, 4) is 0 Å². The van der Waals surface area contributed by atoms with Crippen molar-refractivity contribution in [2.24, 2.45) is 11.8 Å². The standard InChI is InChI=1S/C14H25NO/c1-2-13(15-10-12-7-4-8-12)14(16)9-11-5-3-6-11/h11-13,15H,2-10H2,1H3. The summed E-state index contributed by atoms with van der Waals surface area (Å²) in [6, 6.07) is 0.140. The molecule has 2 nitrogen and oxygen atoms in total. The van der Waals surface area contributed by atoms with Crippen LogP contribution >= 0.6 is 0 Å². The molecule has 0 radical (unpaired) electrons. The minimum absolute atomic E-state index is 0.140. The Balaban J connectivity index is 1.67. The predicted molar refractivity (Wildman–Crippen MR) is 66.4 cm³/mol. The van der Waals surface area contributed by atoms with Crippen molar-refractivity contribution in [2.75, 3.05) is 6.54 Å². The third-order valence-corrected chi connectivity index (χ3v) is 4.39. The first-order valence-corrected chi connectivity index (χ1v) is 7.05. The molecule has 1 N–H and O–H groups in total. The monoisotopic (exact) mass is 223 g/mol.